The highest BCUT2D eigenvalue weighted by Crippen LogP contribution is 2.35. The van der Waals surface area contributed by atoms with E-state index in [1.807, 2.05) is 0 Å². The number of alkyl halides is 3. The van der Waals surface area contributed by atoms with Crippen molar-refractivity contribution >= 4 is 34.5 Å². The second kappa shape index (κ2) is 12.7. The minimum Gasteiger partial charge on any atom is -0.436 e. The Morgan fingerprint density at radius 2 is 1.83 bits per heavy atom. The Morgan fingerprint density at radius 1 is 1.12 bits per heavy atom. The fourth-order valence-electron chi connectivity index (χ4n) is 3.78. The van der Waals surface area contributed by atoms with Crippen molar-refractivity contribution in [3.63, 3.8) is 0 Å². The number of nitrogens with zero attached hydrogens (tertiary/aromatic N) is 3. The number of anilines is 1. The third-order valence-corrected chi connectivity index (χ3v) is 5.87. The first-order valence-corrected chi connectivity index (χ1v) is 12.3. The van der Waals surface area contributed by atoms with E-state index >= 15 is 0 Å². The monoisotopic (exact) mass is 579 g/mol. The van der Waals surface area contributed by atoms with Crippen LogP contribution in [0, 0.1) is 5.82 Å². The van der Waals surface area contributed by atoms with E-state index < -0.39 is 41.2 Å². The van der Waals surface area contributed by atoms with Crippen LogP contribution < -0.4 is 10.9 Å². The number of rotatable bonds is 9. The number of benzene rings is 1. The number of halogens is 4. The lowest BCUT2D eigenvalue weighted by Gasteiger charge is -2.19. The molecule has 0 saturated carbocycles. The quantitative estimate of drug-likeness (QED) is 0.294. The first-order valence-electron chi connectivity index (χ1n) is 12.3. The number of allylic oxidation sites excluding steroid dienone is 1. The van der Waals surface area contributed by atoms with Crippen molar-refractivity contribution < 1.29 is 36.7 Å². The molecule has 3 amide bonds. The van der Waals surface area contributed by atoms with Crippen LogP contribution in [-0.4, -0.2) is 71.6 Å². The number of hydrogen-bond donors (Lipinski definition) is 2. The lowest BCUT2D eigenvalue weighted by Crippen LogP contribution is -2.37. The molecule has 0 aliphatic rings. The Hall–Kier alpha value is -4.62. The van der Waals surface area contributed by atoms with Crippen LogP contribution in [0.4, 0.5) is 28.0 Å². The highest BCUT2D eigenvalue weighted by molar-refractivity contribution is 5.95. The van der Waals surface area contributed by atoms with Gasteiger partial charge in [-0.3, -0.25) is 14.4 Å². The van der Waals surface area contributed by atoms with Gasteiger partial charge in [0.25, 0.3) is 11.5 Å². The van der Waals surface area contributed by atoms with Crippen molar-refractivity contribution in [1.82, 2.24) is 19.4 Å². The third-order valence-electron chi connectivity index (χ3n) is 5.87. The molecular weight excluding hydrogens is 550 g/mol. The number of fused-ring (bicyclic) bond motifs is 1. The molecule has 0 spiro atoms. The number of H-pyrrole nitrogens is 1. The molecular formula is C27H29F4N5O5. The number of aromatic amines is 1. The van der Waals surface area contributed by atoms with E-state index in [0.717, 1.165) is 15.5 Å². The van der Waals surface area contributed by atoms with Gasteiger partial charge in [0.2, 0.25) is 5.91 Å². The molecule has 10 nitrogen and oxygen atoms in total. The predicted octanol–water partition coefficient (Wildman–Crippen LogP) is 3.97. The van der Waals surface area contributed by atoms with E-state index in [1.165, 1.54) is 55.5 Å². The van der Waals surface area contributed by atoms with Gasteiger partial charge in [-0.15, -0.1) is 0 Å². The normalized spacial score (nSPS) is 12.4. The van der Waals surface area contributed by atoms with E-state index in [2.05, 4.69) is 10.3 Å². The topological polar surface area (TPSA) is 117 Å². The molecule has 14 heteroatoms. The molecule has 1 atom stereocenters. The molecule has 0 aliphatic heterocycles. The summed E-state index contributed by atoms with van der Waals surface area (Å²) in [6.45, 7) is -0.208. The van der Waals surface area contributed by atoms with E-state index in [4.69, 9.17) is 4.74 Å². The van der Waals surface area contributed by atoms with E-state index in [-0.39, 0.29) is 47.6 Å². The highest BCUT2D eigenvalue weighted by Gasteiger charge is 2.34. The first-order chi connectivity index (χ1) is 19.2. The first kappa shape index (κ1) is 30.9. The SMILES string of the molecule is CN(C)C(=O)/C=C/CCC(OC(=O)N(C)C)C(=O)Nc1cccn(Cc2cc3cc(F)cc(C(F)(F)F)c3[nH]2)c1=O. The minimum absolute atomic E-state index is 0.0107. The molecule has 220 valence electrons. The number of pyridine rings is 1. The summed E-state index contributed by atoms with van der Waals surface area (Å²) in [5.41, 5.74) is -2.15. The lowest BCUT2D eigenvalue weighted by molar-refractivity contribution is -0.136. The van der Waals surface area contributed by atoms with Gasteiger partial charge in [0.1, 0.15) is 11.5 Å². The smallest absolute Gasteiger partial charge is 0.418 e. The summed E-state index contributed by atoms with van der Waals surface area (Å²) in [5, 5.41) is 2.42. The van der Waals surface area contributed by atoms with Crippen LogP contribution in [0.15, 0.2) is 53.5 Å². The summed E-state index contributed by atoms with van der Waals surface area (Å²) in [5.74, 6) is -2.12. The highest BCUT2D eigenvalue weighted by atomic mass is 19.4. The van der Waals surface area contributed by atoms with Gasteiger partial charge in [0, 0.05) is 45.5 Å². The van der Waals surface area contributed by atoms with Gasteiger partial charge in [0.05, 0.1) is 17.6 Å². The number of hydrogen-bond acceptors (Lipinski definition) is 5. The second-order valence-corrected chi connectivity index (χ2v) is 9.53. The molecule has 0 saturated heterocycles. The third kappa shape index (κ3) is 7.96. The van der Waals surface area contributed by atoms with Crippen molar-refractivity contribution in [3.05, 3.63) is 76.1 Å². The standard InChI is InChI=1S/C27H29F4N5O5/c1-34(2)22(37)10-6-5-9-21(41-26(40)35(3)4)24(38)33-20-8-7-11-36(25(20)39)15-18-13-16-12-17(28)14-19(23(16)32-18)27(29,30)31/h6-8,10-14,21,32H,5,9,15H2,1-4H3,(H,33,38)/b10-6+. The van der Waals surface area contributed by atoms with Crippen LogP contribution in [0.1, 0.15) is 24.1 Å². The summed E-state index contributed by atoms with van der Waals surface area (Å²) in [7, 11) is 6.01. The summed E-state index contributed by atoms with van der Waals surface area (Å²) in [6, 6.07) is 5.40. The summed E-state index contributed by atoms with van der Waals surface area (Å²) < 4.78 is 60.4. The number of nitrogens with one attached hydrogen (secondary N) is 2. The maximum Gasteiger partial charge on any atom is 0.418 e. The Labute approximate surface area is 232 Å². The molecule has 0 fully saturated rings. The van der Waals surface area contributed by atoms with E-state index in [1.54, 1.807) is 14.1 Å². The zero-order valence-electron chi connectivity index (χ0n) is 22.7. The van der Waals surface area contributed by atoms with Gasteiger partial charge in [-0.2, -0.15) is 13.2 Å². The van der Waals surface area contributed by atoms with Gasteiger partial charge in [-0.1, -0.05) is 6.08 Å². The van der Waals surface area contributed by atoms with Crippen molar-refractivity contribution in [3.8, 4) is 0 Å². The molecule has 41 heavy (non-hydrogen) atoms. The molecule has 0 bridgehead atoms. The van der Waals surface area contributed by atoms with E-state index in [0.29, 0.717) is 6.07 Å². The summed E-state index contributed by atoms with van der Waals surface area (Å²) in [6.07, 6.45) is -2.47. The van der Waals surface area contributed by atoms with Gasteiger partial charge >= 0.3 is 12.3 Å². The largest absolute Gasteiger partial charge is 0.436 e. The number of likely N-dealkylation sites (N-methyl/N-ethyl adjacent to an activating group) is 1. The fourth-order valence-corrected chi connectivity index (χ4v) is 3.78. The molecule has 3 aromatic rings. The molecule has 0 radical (unpaired) electrons. The zero-order chi connectivity index (χ0) is 30.5. The summed E-state index contributed by atoms with van der Waals surface area (Å²) >= 11 is 0. The minimum atomic E-state index is -4.80. The maximum atomic E-state index is 13.8. The van der Waals surface area contributed by atoms with Crippen molar-refractivity contribution in [1.29, 1.82) is 0 Å². The Morgan fingerprint density at radius 3 is 2.46 bits per heavy atom. The van der Waals surface area contributed by atoms with Crippen LogP contribution in [0.3, 0.4) is 0 Å². The molecule has 2 N–H and O–H groups in total. The van der Waals surface area contributed by atoms with Crippen LogP contribution in [0.5, 0.6) is 0 Å². The van der Waals surface area contributed by atoms with Gasteiger partial charge < -0.3 is 29.4 Å². The van der Waals surface area contributed by atoms with Crippen molar-refractivity contribution in [2.75, 3.05) is 33.5 Å². The fraction of sp³-hybridized carbons (Fsp3) is 0.333. The molecule has 0 aliphatic carbocycles. The number of amides is 3. The number of carbonyl (C=O) groups is 3. The van der Waals surface area contributed by atoms with Gasteiger partial charge in [-0.05, 0) is 49.2 Å². The average Bonchev–Trinajstić information content (AvgIpc) is 3.28. The Kier molecular flexibility index (Phi) is 9.58. The van der Waals surface area contributed by atoms with Crippen LogP contribution in [-0.2, 0) is 27.0 Å². The predicted molar refractivity (Wildman–Crippen MR) is 143 cm³/mol. The molecule has 2 aromatic heterocycles. The average molecular weight is 580 g/mol. The van der Waals surface area contributed by atoms with E-state index in [9.17, 15) is 36.7 Å². The maximum absolute atomic E-state index is 13.8. The Bertz CT molecular complexity index is 1520. The van der Waals surface area contributed by atoms with Crippen molar-refractivity contribution in [2.45, 2.75) is 31.7 Å². The molecule has 1 aromatic carbocycles. The number of carbonyl (C=O) groups excluding carboxylic acids is 3. The molecule has 1 unspecified atom stereocenters. The summed E-state index contributed by atoms with van der Waals surface area (Å²) in [4.78, 5) is 55.0. The van der Waals surface area contributed by atoms with Crippen LogP contribution in [0.25, 0.3) is 10.9 Å². The zero-order valence-corrected chi connectivity index (χ0v) is 22.7. The number of aromatic nitrogens is 2. The number of ether oxygens (including phenoxy) is 1. The van der Waals surface area contributed by atoms with Crippen molar-refractivity contribution in [2.24, 2.45) is 0 Å². The lowest BCUT2D eigenvalue weighted by atomic mass is 10.1. The molecule has 3 rings (SSSR count). The Balaban J connectivity index is 1.81. The van der Waals surface area contributed by atoms with Crippen LogP contribution in [0.2, 0.25) is 0 Å². The van der Waals surface area contributed by atoms with Gasteiger partial charge in [0.15, 0.2) is 6.10 Å². The molecule has 2 heterocycles. The van der Waals surface area contributed by atoms with Crippen LogP contribution >= 0.6 is 0 Å². The second-order valence-electron chi connectivity index (χ2n) is 9.53. The van der Waals surface area contributed by atoms with Gasteiger partial charge in [-0.25, -0.2) is 9.18 Å².